The third kappa shape index (κ3) is 1.42. The Balaban J connectivity index is 2.70. The highest BCUT2D eigenvalue weighted by Gasteiger charge is 1.97. The summed E-state index contributed by atoms with van der Waals surface area (Å²) in [4.78, 5) is 3.96. The molecule has 0 amide bonds. The van der Waals surface area contributed by atoms with Crippen molar-refractivity contribution in [3.05, 3.63) is 24.0 Å². The van der Waals surface area contributed by atoms with Gasteiger partial charge < -0.3 is 5.11 Å². The van der Waals surface area contributed by atoms with Crippen molar-refractivity contribution in [1.82, 2.24) is 0 Å². The molecule has 0 aromatic heterocycles. The van der Waals surface area contributed by atoms with Gasteiger partial charge in [-0.2, -0.15) is 0 Å². The zero-order valence-electron chi connectivity index (χ0n) is 5.33. The van der Waals surface area contributed by atoms with Crippen LogP contribution in [0.1, 0.15) is 6.42 Å². The molecule has 0 radical (unpaired) electrons. The van der Waals surface area contributed by atoms with E-state index in [9.17, 15) is 0 Å². The maximum Gasteiger partial charge on any atom is 0.112 e. The Morgan fingerprint density at radius 2 is 2.33 bits per heavy atom. The molecule has 0 atom stereocenters. The van der Waals surface area contributed by atoms with Crippen LogP contribution in [-0.2, 0) is 0 Å². The van der Waals surface area contributed by atoms with Crippen LogP contribution >= 0.6 is 0 Å². The standard InChI is InChI=1S/C7H9NO/c1-8-6-2-4-7(9)5-3-6/h2,4-5,9H,3H2,1H3. The predicted molar refractivity (Wildman–Crippen MR) is 37.8 cm³/mol. The maximum atomic E-state index is 8.84. The number of aliphatic imine (C=N–C) groups is 1. The van der Waals surface area contributed by atoms with Crippen molar-refractivity contribution in [1.29, 1.82) is 0 Å². The molecule has 0 unspecified atom stereocenters. The molecule has 2 heteroatoms. The van der Waals surface area contributed by atoms with E-state index in [2.05, 4.69) is 4.99 Å². The predicted octanol–water partition coefficient (Wildman–Crippen LogP) is 1.46. The average molecular weight is 123 g/mol. The van der Waals surface area contributed by atoms with E-state index in [-0.39, 0.29) is 0 Å². The van der Waals surface area contributed by atoms with E-state index in [4.69, 9.17) is 5.11 Å². The van der Waals surface area contributed by atoms with Gasteiger partial charge in [0.05, 0.1) is 0 Å². The molecule has 0 aromatic rings. The Kier molecular flexibility index (Phi) is 1.68. The van der Waals surface area contributed by atoms with Gasteiger partial charge in [-0.25, -0.2) is 0 Å². The zero-order chi connectivity index (χ0) is 6.69. The lowest BCUT2D eigenvalue weighted by Gasteiger charge is -2.00. The van der Waals surface area contributed by atoms with Crippen LogP contribution in [0.25, 0.3) is 0 Å². The lowest BCUT2D eigenvalue weighted by Crippen LogP contribution is -1.96. The van der Waals surface area contributed by atoms with Crippen molar-refractivity contribution in [3.63, 3.8) is 0 Å². The molecule has 2 nitrogen and oxygen atoms in total. The molecule has 1 aliphatic carbocycles. The number of aliphatic hydroxyl groups excluding tert-OH is 1. The topological polar surface area (TPSA) is 32.6 Å². The largest absolute Gasteiger partial charge is 0.508 e. The molecule has 1 aliphatic rings. The zero-order valence-corrected chi connectivity index (χ0v) is 5.33. The minimum Gasteiger partial charge on any atom is -0.508 e. The van der Waals surface area contributed by atoms with Crippen LogP contribution in [0, 0.1) is 0 Å². The van der Waals surface area contributed by atoms with E-state index in [1.807, 2.05) is 6.08 Å². The Morgan fingerprint density at radius 3 is 2.78 bits per heavy atom. The van der Waals surface area contributed by atoms with Gasteiger partial charge in [-0.05, 0) is 18.2 Å². The van der Waals surface area contributed by atoms with E-state index in [1.165, 1.54) is 0 Å². The molecule has 0 heterocycles. The number of aliphatic hydroxyl groups is 1. The third-order valence-corrected chi connectivity index (χ3v) is 1.25. The summed E-state index contributed by atoms with van der Waals surface area (Å²) in [6, 6.07) is 0. The van der Waals surface area contributed by atoms with Crippen LogP contribution in [0.15, 0.2) is 29.0 Å². The Bertz CT molecular complexity index is 189. The maximum absolute atomic E-state index is 8.84. The van der Waals surface area contributed by atoms with Gasteiger partial charge >= 0.3 is 0 Å². The van der Waals surface area contributed by atoms with Crippen molar-refractivity contribution in [2.24, 2.45) is 4.99 Å². The molecule has 0 aliphatic heterocycles. The molecule has 0 bridgehead atoms. The number of rotatable bonds is 0. The fourth-order valence-corrected chi connectivity index (χ4v) is 0.693. The molecule has 0 spiro atoms. The number of hydrogen-bond donors (Lipinski definition) is 1. The summed E-state index contributed by atoms with van der Waals surface area (Å²) in [6.07, 6.45) is 5.95. The molecule has 1 rings (SSSR count). The van der Waals surface area contributed by atoms with Gasteiger partial charge in [-0.15, -0.1) is 0 Å². The van der Waals surface area contributed by atoms with Crippen LogP contribution in [0.2, 0.25) is 0 Å². The second kappa shape index (κ2) is 2.49. The van der Waals surface area contributed by atoms with Crippen molar-refractivity contribution < 1.29 is 5.11 Å². The average Bonchev–Trinajstić information content (AvgIpc) is 1.90. The second-order valence-electron chi connectivity index (χ2n) is 1.88. The summed E-state index contributed by atoms with van der Waals surface area (Å²) in [5.74, 6) is 0.336. The Labute approximate surface area is 54.2 Å². The number of allylic oxidation sites excluding steroid dienone is 3. The van der Waals surface area contributed by atoms with Crippen LogP contribution in [0.4, 0.5) is 0 Å². The summed E-state index contributed by atoms with van der Waals surface area (Å²) in [5.41, 5.74) is 1.01. The third-order valence-electron chi connectivity index (χ3n) is 1.25. The van der Waals surface area contributed by atoms with E-state index >= 15 is 0 Å². The van der Waals surface area contributed by atoms with Gasteiger partial charge in [-0.1, -0.05) is 0 Å². The molecular formula is C7H9NO. The normalized spacial score (nSPS) is 22.3. The Morgan fingerprint density at radius 1 is 1.56 bits per heavy atom. The van der Waals surface area contributed by atoms with Gasteiger partial charge in [0.15, 0.2) is 0 Å². The van der Waals surface area contributed by atoms with Gasteiger partial charge in [0, 0.05) is 19.2 Å². The van der Waals surface area contributed by atoms with E-state index < -0.39 is 0 Å². The van der Waals surface area contributed by atoms with Crippen molar-refractivity contribution in [2.75, 3.05) is 7.05 Å². The van der Waals surface area contributed by atoms with Crippen molar-refractivity contribution in [3.8, 4) is 0 Å². The number of hydrogen-bond acceptors (Lipinski definition) is 2. The van der Waals surface area contributed by atoms with Crippen LogP contribution in [0.3, 0.4) is 0 Å². The van der Waals surface area contributed by atoms with Gasteiger partial charge in [0.2, 0.25) is 0 Å². The quantitative estimate of drug-likeness (QED) is 0.519. The molecular weight excluding hydrogens is 114 g/mol. The monoisotopic (exact) mass is 123 g/mol. The summed E-state index contributed by atoms with van der Waals surface area (Å²) in [7, 11) is 1.75. The van der Waals surface area contributed by atoms with Gasteiger partial charge in [0.25, 0.3) is 0 Å². The lowest BCUT2D eigenvalue weighted by atomic mass is 10.1. The first-order valence-electron chi connectivity index (χ1n) is 2.86. The SMILES string of the molecule is CN=C1C=CC(O)=CC1. The summed E-state index contributed by atoms with van der Waals surface area (Å²) >= 11 is 0. The lowest BCUT2D eigenvalue weighted by molar-refractivity contribution is 0.430. The minimum absolute atomic E-state index is 0.336. The summed E-state index contributed by atoms with van der Waals surface area (Å²) in [5, 5.41) is 8.84. The van der Waals surface area contributed by atoms with Gasteiger partial charge in [-0.3, -0.25) is 4.99 Å². The highest BCUT2D eigenvalue weighted by Crippen LogP contribution is 2.03. The molecule has 9 heavy (non-hydrogen) atoms. The van der Waals surface area contributed by atoms with Crippen LogP contribution < -0.4 is 0 Å². The van der Waals surface area contributed by atoms with Crippen molar-refractivity contribution >= 4 is 5.71 Å². The first kappa shape index (κ1) is 6.08. The molecule has 0 fully saturated rings. The van der Waals surface area contributed by atoms with E-state index in [1.54, 1.807) is 19.2 Å². The van der Waals surface area contributed by atoms with Gasteiger partial charge in [0.1, 0.15) is 5.76 Å². The number of nitrogens with zero attached hydrogens (tertiary/aromatic N) is 1. The van der Waals surface area contributed by atoms with Crippen LogP contribution in [-0.4, -0.2) is 17.9 Å². The van der Waals surface area contributed by atoms with Crippen molar-refractivity contribution in [2.45, 2.75) is 6.42 Å². The molecule has 1 N–H and O–H groups in total. The van der Waals surface area contributed by atoms with E-state index in [0.717, 1.165) is 12.1 Å². The van der Waals surface area contributed by atoms with E-state index in [0.29, 0.717) is 5.76 Å². The highest BCUT2D eigenvalue weighted by molar-refractivity contribution is 5.97. The van der Waals surface area contributed by atoms with Crippen LogP contribution in [0.5, 0.6) is 0 Å². The molecule has 0 saturated heterocycles. The fraction of sp³-hybridized carbons (Fsp3) is 0.286. The molecule has 0 aromatic carbocycles. The highest BCUT2D eigenvalue weighted by atomic mass is 16.3. The first-order chi connectivity index (χ1) is 4.33. The minimum atomic E-state index is 0.336. The smallest absolute Gasteiger partial charge is 0.112 e. The summed E-state index contributed by atoms with van der Waals surface area (Å²) < 4.78 is 0. The second-order valence-corrected chi connectivity index (χ2v) is 1.88. The first-order valence-corrected chi connectivity index (χ1v) is 2.86. The fourth-order valence-electron chi connectivity index (χ4n) is 0.693. The Hall–Kier alpha value is -1.05. The molecule has 48 valence electrons. The molecule has 0 saturated carbocycles. The summed E-state index contributed by atoms with van der Waals surface area (Å²) in [6.45, 7) is 0.